The van der Waals surface area contributed by atoms with E-state index < -0.39 is 12.3 Å². The average Bonchev–Trinajstić information content (AvgIpc) is 2.66. The first kappa shape index (κ1) is 21.5. The predicted molar refractivity (Wildman–Crippen MR) is 104 cm³/mol. The molecular weight excluding hydrogens is 401 g/mol. The molecule has 0 aliphatic heterocycles. The summed E-state index contributed by atoms with van der Waals surface area (Å²) in [5.74, 6) is -2.05. The van der Waals surface area contributed by atoms with Gasteiger partial charge in [0.2, 0.25) is 0 Å². The zero-order valence-corrected chi connectivity index (χ0v) is 15.9. The zero-order valence-electron chi connectivity index (χ0n) is 15.9. The smallest absolute Gasteiger partial charge is 0.478 e. The lowest BCUT2D eigenvalue weighted by molar-refractivity contribution is -0.274. The summed E-state index contributed by atoms with van der Waals surface area (Å²) in [6, 6.07) is 7.77. The Kier molecular flexibility index (Phi) is 5.91. The summed E-state index contributed by atoms with van der Waals surface area (Å²) in [6.45, 7) is 0. The van der Waals surface area contributed by atoms with Gasteiger partial charge in [-0.3, -0.25) is 4.79 Å². The van der Waals surface area contributed by atoms with Crippen molar-refractivity contribution >= 4 is 23.1 Å². The van der Waals surface area contributed by atoms with E-state index in [9.17, 15) is 27.9 Å². The minimum Gasteiger partial charge on any atom is -0.478 e. The van der Waals surface area contributed by atoms with Crippen molar-refractivity contribution in [1.82, 2.24) is 0 Å². The summed E-state index contributed by atoms with van der Waals surface area (Å²) in [7, 11) is 0. The number of aromatic carboxylic acids is 1. The maximum absolute atomic E-state index is 12.7. The van der Waals surface area contributed by atoms with Crippen LogP contribution in [0.25, 0.3) is 0 Å². The second kappa shape index (κ2) is 8.25. The summed E-state index contributed by atoms with van der Waals surface area (Å²) in [5.41, 5.74) is 13.3. The number of hydrogen-bond donors (Lipinski definition) is 3. The molecule has 0 atom stereocenters. The lowest BCUT2D eigenvalue weighted by Crippen LogP contribution is -2.23. The summed E-state index contributed by atoms with van der Waals surface area (Å²) in [6.07, 6.45) is -2.61. The number of carbonyl (C=O) groups excluding carboxylic acids is 1. The van der Waals surface area contributed by atoms with Crippen LogP contribution in [0.4, 0.5) is 24.5 Å². The van der Waals surface area contributed by atoms with Gasteiger partial charge < -0.3 is 21.3 Å². The molecular formula is C21H21F3N2O4. The Morgan fingerprint density at radius 3 is 2.13 bits per heavy atom. The van der Waals surface area contributed by atoms with Gasteiger partial charge in [-0.15, -0.1) is 13.2 Å². The maximum atomic E-state index is 12.7. The van der Waals surface area contributed by atoms with Crippen molar-refractivity contribution in [3.05, 3.63) is 53.1 Å². The number of nitrogen functional groups attached to an aromatic ring is 2. The zero-order chi connectivity index (χ0) is 22.1. The number of Topliss-reactive ketones (excluding diaryl/α,β-unsaturated/α-hetero) is 1. The Morgan fingerprint density at radius 2 is 1.60 bits per heavy atom. The molecule has 0 bridgehead atoms. The highest BCUT2D eigenvalue weighted by Crippen LogP contribution is 2.41. The van der Waals surface area contributed by atoms with Crippen LogP contribution in [-0.2, 0) is 0 Å². The molecule has 5 N–H and O–H groups in total. The summed E-state index contributed by atoms with van der Waals surface area (Å²) in [5, 5.41) is 9.48. The highest BCUT2D eigenvalue weighted by molar-refractivity contribution is 5.98. The molecule has 0 heterocycles. The van der Waals surface area contributed by atoms with E-state index in [1.807, 2.05) is 0 Å². The second-order valence-electron chi connectivity index (χ2n) is 7.36. The number of nitrogens with two attached hydrogens (primary N) is 2. The highest BCUT2D eigenvalue weighted by atomic mass is 19.4. The predicted octanol–water partition coefficient (Wildman–Crippen LogP) is 4.60. The van der Waals surface area contributed by atoms with Gasteiger partial charge in [-0.1, -0.05) is 0 Å². The number of carboxylic acids is 1. The van der Waals surface area contributed by atoms with Crippen LogP contribution in [0.15, 0.2) is 36.4 Å². The van der Waals surface area contributed by atoms with Crippen molar-refractivity contribution in [2.24, 2.45) is 5.92 Å². The van der Waals surface area contributed by atoms with Crippen LogP contribution in [0, 0.1) is 5.92 Å². The van der Waals surface area contributed by atoms with Crippen LogP contribution >= 0.6 is 0 Å². The van der Waals surface area contributed by atoms with E-state index in [0.29, 0.717) is 42.5 Å². The van der Waals surface area contributed by atoms with Crippen LogP contribution in [0.3, 0.4) is 0 Å². The van der Waals surface area contributed by atoms with Gasteiger partial charge in [0.1, 0.15) is 5.75 Å². The van der Waals surface area contributed by atoms with Gasteiger partial charge in [0.05, 0.1) is 5.56 Å². The third-order valence-electron chi connectivity index (χ3n) is 5.34. The molecule has 0 saturated heterocycles. The quantitative estimate of drug-likeness (QED) is 0.479. The molecule has 2 aromatic rings. The maximum Gasteiger partial charge on any atom is 0.573 e. The topological polar surface area (TPSA) is 116 Å². The lowest BCUT2D eigenvalue weighted by atomic mass is 9.74. The van der Waals surface area contributed by atoms with Crippen LogP contribution in [-0.4, -0.2) is 23.2 Å². The monoisotopic (exact) mass is 422 g/mol. The van der Waals surface area contributed by atoms with E-state index in [4.69, 9.17) is 11.5 Å². The van der Waals surface area contributed by atoms with Gasteiger partial charge in [-0.2, -0.15) is 0 Å². The van der Waals surface area contributed by atoms with Crippen LogP contribution in [0.5, 0.6) is 5.75 Å². The van der Waals surface area contributed by atoms with E-state index in [0.717, 1.165) is 12.1 Å². The Bertz CT molecular complexity index is 950. The van der Waals surface area contributed by atoms with Crippen molar-refractivity contribution < 1.29 is 32.6 Å². The Morgan fingerprint density at radius 1 is 1.00 bits per heavy atom. The number of rotatable bonds is 5. The molecule has 6 nitrogen and oxygen atoms in total. The average molecular weight is 422 g/mol. The standard InChI is InChI=1S/C21H21F3N2O4/c22-21(23,24)30-15-7-5-13(6-8-15)19(27)12-3-1-11(2-4-12)18-16(20(28)29)9-14(25)10-17(18)26/h5-12H,1-4,25-26H2,(H,28,29). The van der Waals surface area contributed by atoms with Gasteiger partial charge >= 0.3 is 12.3 Å². The number of carbonyl (C=O) groups is 2. The number of ether oxygens (including phenoxy) is 1. The Hall–Kier alpha value is -3.23. The van der Waals surface area contributed by atoms with Crippen molar-refractivity contribution in [2.45, 2.75) is 38.0 Å². The molecule has 3 rings (SSSR count). The van der Waals surface area contributed by atoms with E-state index in [1.54, 1.807) is 0 Å². The normalized spacial score (nSPS) is 19.3. The van der Waals surface area contributed by atoms with E-state index in [2.05, 4.69) is 4.74 Å². The molecule has 0 unspecified atom stereocenters. The minimum atomic E-state index is -4.79. The Balaban J connectivity index is 1.69. The summed E-state index contributed by atoms with van der Waals surface area (Å²) in [4.78, 5) is 24.3. The van der Waals surface area contributed by atoms with Crippen molar-refractivity contribution in [2.75, 3.05) is 11.5 Å². The SMILES string of the molecule is Nc1cc(N)c(C2CCC(C(=O)c3ccc(OC(F)(F)F)cc3)CC2)c(C(=O)O)c1. The Labute approximate surface area is 170 Å². The molecule has 160 valence electrons. The molecule has 0 spiro atoms. The van der Waals surface area contributed by atoms with E-state index in [-0.39, 0.29) is 34.6 Å². The lowest BCUT2D eigenvalue weighted by Gasteiger charge is -2.29. The number of carboxylic acid groups (broad SMARTS) is 1. The first-order valence-corrected chi connectivity index (χ1v) is 9.37. The molecule has 30 heavy (non-hydrogen) atoms. The molecule has 1 aliphatic carbocycles. The summed E-state index contributed by atoms with van der Waals surface area (Å²) >= 11 is 0. The molecule has 0 aromatic heterocycles. The highest BCUT2D eigenvalue weighted by Gasteiger charge is 2.32. The minimum absolute atomic E-state index is 0.0718. The number of benzene rings is 2. The van der Waals surface area contributed by atoms with Gasteiger partial charge in [-0.25, -0.2) is 4.79 Å². The number of halogens is 3. The molecule has 2 aromatic carbocycles. The molecule has 1 fully saturated rings. The van der Waals surface area contributed by atoms with Gasteiger partial charge in [-0.05, 0) is 73.6 Å². The van der Waals surface area contributed by atoms with Crippen molar-refractivity contribution in [1.29, 1.82) is 0 Å². The molecule has 0 amide bonds. The number of anilines is 2. The molecule has 9 heteroatoms. The van der Waals surface area contributed by atoms with Gasteiger partial charge in [0, 0.05) is 22.9 Å². The largest absolute Gasteiger partial charge is 0.573 e. The number of alkyl halides is 3. The summed E-state index contributed by atoms with van der Waals surface area (Å²) < 4.78 is 40.6. The van der Waals surface area contributed by atoms with Crippen LogP contribution in [0.1, 0.15) is 57.9 Å². The van der Waals surface area contributed by atoms with Crippen molar-refractivity contribution in [3.63, 3.8) is 0 Å². The fraction of sp³-hybridized carbons (Fsp3) is 0.333. The number of hydrogen-bond acceptors (Lipinski definition) is 5. The van der Waals surface area contributed by atoms with E-state index in [1.165, 1.54) is 24.3 Å². The number of ketones is 1. The van der Waals surface area contributed by atoms with Crippen LogP contribution in [0.2, 0.25) is 0 Å². The third kappa shape index (κ3) is 4.84. The van der Waals surface area contributed by atoms with Gasteiger partial charge in [0.25, 0.3) is 0 Å². The molecule has 1 aliphatic rings. The van der Waals surface area contributed by atoms with Gasteiger partial charge in [0.15, 0.2) is 5.78 Å². The van der Waals surface area contributed by atoms with E-state index >= 15 is 0 Å². The first-order chi connectivity index (χ1) is 14.0. The first-order valence-electron chi connectivity index (χ1n) is 9.37. The second-order valence-corrected chi connectivity index (χ2v) is 7.36. The molecule has 0 radical (unpaired) electrons. The molecule has 1 saturated carbocycles. The third-order valence-corrected chi connectivity index (χ3v) is 5.34. The van der Waals surface area contributed by atoms with Crippen molar-refractivity contribution in [3.8, 4) is 5.75 Å². The van der Waals surface area contributed by atoms with Crippen LogP contribution < -0.4 is 16.2 Å². The fourth-order valence-corrected chi connectivity index (χ4v) is 4.03. The fourth-order valence-electron chi connectivity index (χ4n) is 4.03.